The molecule has 0 bridgehead atoms. The molecule has 0 aromatic rings. The van der Waals surface area contributed by atoms with Crippen molar-refractivity contribution < 1.29 is 9.90 Å². The molecule has 1 unspecified atom stereocenters. The Bertz CT molecular complexity index is 171. The zero-order valence-electron chi connectivity index (χ0n) is 9.51. The summed E-state index contributed by atoms with van der Waals surface area (Å²) in [5, 5.41) is 9.11. The van der Waals surface area contributed by atoms with Gasteiger partial charge in [0.15, 0.2) is 0 Å². The summed E-state index contributed by atoms with van der Waals surface area (Å²) >= 11 is 1.89. The van der Waals surface area contributed by atoms with E-state index in [-0.39, 0.29) is 0 Å². The van der Waals surface area contributed by atoms with Gasteiger partial charge in [0, 0.05) is 0 Å². The molecule has 0 aliphatic carbocycles. The van der Waals surface area contributed by atoms with Crippen molar-refractivity contribution in [2.75, 3.05) is 11.5 Å². The normalized spacial score (nSPS) is 15.1. The van der Waals surface area contributed by atoms with Crippen LogP contribution in [0, 0.1) is 5.41 Å². The lowest BCUT2D eigenvalue weighted by atomic mass is 9.81. The third-order valence-electron chi connectivity index (χ3n) is 2.54. The average Bonchev–Trinajstić information content (AvgIpc) is 2.13. The predicted octanol–water partition coefficient (Wildman–Crippen LogP) is 3.41. The van der Waals surface area contributed by atoms with Crippen LogP contribution in [0.4, 0.5) is 0 Å². The maximum atomic E-state index is 11.1. The summed E-state index contributed by atoms with van der Waals surface area (Å²) in [5.41, 5.74) is -0.497. The Balaban J connectivity index is 3.90. The molecule has 1 N–H and O–H groups in total. The summed E-state index contributed by atoms with van der Waals surface area (Å²) in [4.78, 5) is 11.1. The zero-order chi connectivity index (χ0) is 11.0. The van der Waals surface area contributed by atoms with Crippen LogP contribution < -0.4 is 0 Å². The standard InChI is InChI=1S/C11H22O2S/c1-4-7-11(3,10(12)13)8-6-9-14-5-2/h4-9H2,1-3H3,(H,12,13). The number of aliphatic carboxylic acids is 1. The molecule has 0 radical (unpaired) electrons. The average molecular weight is 218 g/mol. The lowest BCUT2D eigenvalue weighted by molar-refractivity contribution is -0.148. The van der Waals surface area contributed by atoms with Gasteiger partial charge in [-0.3, -0.25) is 4.79 Å². The monoisotopic (exact) mass is 218 g/mol. The topological polar surface area (TPSA) is 37.3 Å². The van der Waals surface area contributed by atoms with Crippen LogP contribution in [0.2, 0.25) is 0 Å². The van der Waals surface area contributed by atoms with Crippen molar-refractivity contribution in [3.8, 4) is 0 Å². The van der Waals surface area contributed by atoms with Gasteiger partial charge in [-0.2, -0.15) is 11.8 Å². The Morgan fingerprint density at radius 3 is 2.43 bits per heavy atom. The first-order valence-electron chi connectivity index (χ1n) is 5.38. The van der Waals surface area contributed by atoms with Gasteiger partial charge >= 0.3 is 5.97 Å². The summed E-state index contributed by atoms with van der Waals surface area (Å²) < 4.78 is 0. The van der Waals surface area contributed by atoms with E-state index < -0.39 is 11.4 Å². The van der Waals surface area contributed by atoms with Gasteiger partial charge in [0.25, 0.3) is 0 Å². The smallest absolute Gasteiger partial charge is 0.309 e. The molecule has 0 aliphatic rings. The summed E-state index contributed by atoms with van der Waals surface area (Å²) in [7, 11) is 0. The Labute approximate surface area is 91.5 Å². The van der Waals surface area contributed by atoms with Crippen molar-refractivity contribution in [1.82, 2.24) is 0 Å². The molecule has 3 heteroatoms. The van der Waals surface area contributed by atoms with E-state index in [9.17, 15) is 4.79 Å². The molecule has 0 aromatic carbocycles. The van der Waals surface area contributed by atoms with Crippen molar-refractivity contribution in [3.05, 3.63) is 0 Å². The van der Waals surface area contributed by atoms with Gasteiger partial charge in [0.05, 0.1) is 5.41 Å². The predicted molar refractivity (Wildman–Crippen MR) is 62.9 cm³/mol. The van der Waals surface area contributed by atoms with E-state index in [1.54, 1.807) is 0 Å². The quantitative estimate of drug-likeness (QED) is 0.634. The Morgan fingerprint density at radius 2 is 2.00 bits per heavy atom. The van der Waals surface area contributed by atoms with Crippen LogP contribution in [0.1, 0.15) is 46.5 Å². The van der Waals surface area contributed by atoms with E-state index in [1.807, 2.05) is 25.6 Å². The van der Waals surface area contributed by atoms with Crippen molar-refractivity contribution in [2.24, 2.45) is 5.41 Å². The molecule has 0 amide bonds. The molecular formula is C11H22O2S. The third kappa shape index (κ3) is 4.89. The Kier molecular flexibility index (Phi) is 7.06. The summed E-state index contributed by atoms with van der Waals surface area (Å²) in [6, 6.07) is 0. The number of carbonyl (C=O) groups is 1. The van der Waals surface area contributed by atoms with Crippen LogP contribution in [0.3, 0.4) is 0 Å². The first kappa shape index (κ1) is 13.8. The van der Waals surface area contributed by atoms with Crippen molar-refractivity contribution in [3.63, 3.8) is 0 Å². The second-order valence-corrected chi connectivity index (χ2v) is 5.31. The third-order valence-corrected chi connectivity index (χ3v) is 3.53. The highest BCUT2D eigenvalue weighted by molar-refractivity contribution is 7.99. The summed E-state index contributed by atoms with van der Waals surface area (Å²) in [5.74, 6) is 1.57. The van der Waals surface area contributed by atoms with Crippen molar-refractivity contribution in [2.45, 2.75) is 46.5 Å². The largest absolute Gasteiger partial charge is 0.481 e. The number of hydrogen-bond acceptors (Lipinski definition) is 2. The molecule has 1 atom stereocenters. The first-order valence-corrected chi connectivity index (χ1v) is 6.53. The van der Waals surface area contributed by atoms with Crippen LogP contribution >= 0.6 is 11.8 Å². The maximum absolute atomic E-state index is 11.1. The number of hydrogen-bond donors (Lipinski definition) is 1. The van der Waals surface area contributed by atoms with E-state index >= 15 is 0 Å². The molecule has 0 aromatic heterocycles. The molecule has 0 heterocycles. The van der Waals surface area contributed by atoms with E-state index in [4.69, 9.17) is 5.11 Å². The zero-order valence-corrected chi connectivity index (χ0v) is 10.3. The van der Waals surface area contributed by atoms with Gasteiger partial charge in [0.2, 0.25) is 0 Å². The highest BCUT2D eigenvalue weighted by Gasteiger charge is 2.31. The first-order chi connectivity index (χ1) is 6.56. The minimum Gasteiger partial charge on any atom is -0.481 e. The van der Waals surface area contributed by atoms with Gasteiger partial charge in [-0.15, -0.1) is 0 Å². The molecule has 0 spiro atoms. The van der Waals surface area contributed by atoms with Gasteiger partial charge in [-0.1, -0.05) is 20.3 Å². The van der Waals surface area contributed by atoms with Crippen molar-refractivity contribution in [1.29, 1.82) is 0 Å². The van der Waals surface area contributed by atoms with Crippen LogP contribution in [0.15, 0.2) is 0 Å². The molecule has 2 nitrogen and oxygen atoms in total. The Morgan fingerprint density at radius 1 is 1.36 bits per heavy atom. The fraction of sp³-hybridized carbons (Fsp3) is 0.909. The molecule has 0 saturated carbocycles. The highest BCUT2D eigenvalue weighted by Crippen LogP contribution is 2.30. The van der Waals surface area contributed by atoms with E-state index in [0.717, 1.165) is 37.2 Å². The van der Waals surface area contributed by atoms with Crippen LogP contribution in [-0.2, 0) is 4.79 Å². The van der Waals surface area contributed by atoms with Crippen LogP contribution in [0.5, 0.6) is 0 Å². The number of thioether (sulfide) groups is 1. The molecule has 0 aliphatic heterocycles. The SMILES string of the molecule is CCCC(C)(CCCSCC)C(=O)O. The number of carboxylic acid groups (broad SMARTS) is 1. The summed E-state index contributed by atoms with van der Waals surface area (Å²) in [6.07, 6.45) is 3.56. The highest BCUT2D eigenvalue weighted by atomic mass is 32.2. The second kappa shape index (κ2) is 7.16. The molecule has 84 valence electrons. The number of carboxylic acids is 1. The lowest BCUT2D eigenvalue weighted by Crippen LogP contribution is -2.27. The van der Waals surface area contributed by atoms with Gasteiger partial charge in [-0.05, 0) is 37.7 Å². The maximum Gasteiger partial charge on any atom is 0.309 e. The molecule has 14 heavy (non-hydrogen) atoms. The Hall–Kier alpha value is -0.180. The fourth-order valence-electron chi connectivity index (χ4n) is 1.60. The van der Waals surface area contributed by atoms with Gasteiger partial charge < -0.3 is 5.11 Å². The fourth-order valence-corrected chi connectivity index (χ4v) is 2.24. The van der Waals surface area contributed by atoms with Crippen molar-refractivity contribution >= 4 is 17.7 Å². The second-order valence-electron chi connectivity index (χ2n) is 3.92. The van der Waals surface area contributed by atoms with E-state index in [2.05, 4.69) is 6.92 Å². The minimum absolute atomic E-state index is 0.497. The van der Waals surface area contributed by atoms with E-state index in [0.29, 0.717) is 0 Å². The van der Waals surface area contributed by atoms with E-state index in [1.165, 1.54) is 0 Å². The molecule has 0 fully saturated rings. The summed E-state index contributed by atoms with van der Waals surface area (Å²) in [6.45, 7) is 6.05. The van der Waals surface area contributed by atoms with Crippen LogP contribution in [0.25, 0.3) is 0 Å². The molecule has 0 saturated heterocycles. The van der Waals surface area contributed by atoms with Crippen LogP contribution in [-0.4, -0.2) is 22.6 Å². The molecule has 0 rings (SSSR count). The number of rotatable bonds is 8. The van der Waals surface area contributed by atoms with Gasteiger partial charge in [0.1, 0.15) is 0 Å². The minimum atomic E-state index is -0.638. The molecular weight excluding hydrogens is 196 g/mol. The lowest BCUT2D eigenvalue weighted by Gasteiger charge is -2.23. The van der Waals surface area contributed by atoms with Gasteiger partial charge in [-0.25, -0.2) is 0 Å².